The number of Topliss-reactive ketones (excluding diaryl/α,β-unsaturated/α-hetero) is 1. The molecule has 0 aliphatic heterocycles. The van der Waals surface area contributed by atoms with Gasteiger partial charge < -0.3 is 4.74 Å². The molecule has 1 unspecified atom stereocenters. The van der Waals surface area contributed by atoms with Crippen molar-refractivity contribution < 1.29 is 9.53 Å². The van der Waals surface area contributed by atoms with Gasteiger partial charge in [0.05, 0.1) is 18.7 Å². The monoisotopic (exact) mass is 269 g/mol. The molecule has 0 heterocycles. The maximum atomic E-state index is 12.1. The second-order valence-electron chi connectivity index (χ2n) is 4.44. The number of rotatable bonds is 6. The minimum Gasteiger partial charge on any atom is -0.495 e. The average molecular weight is 270 g/mol. The Balaban J connectivity index is 2.76. The number of methoxy groups -OCH3 is 1. The van der Waals surface area contributed by atoms with Gasteiger partial charge in [0, 0.05) is 11.6 Å². The van der Waals surface area contributed by atoms with E-state index in [2.05, 4.69) is 13.8 Å². The topological polar surface area (TPSA) is 29.5 Å². The number of likely N-dealkylation sites (N-methyl/N-ethyl adjacent to an activating group) is 1. The van der Waals surface area contributed by atoms with Crippen LogP contribution in [0, 0.1) is 0 Å². The van der Waals surface area contributed by atoms with E-state index in [0.29, 0.717) is 28.9 Å². The Hall–Kier alpha value is -1.06. The summed E-state index contributed by atoms with van der Waals surface area (Å²) in [6, 6.07) is 5.52. The van der Waals surface area contributed by atoms with Crippen LogP contribution in [-0.4, -0.2) is 37.4 Å². The summed E-state index contributed by atoms with van der Waals surface area (Å²) in [5.74, 6) is 0.658. The lowest BCUT2D eigenvalue weighted by Crippen LogP contribution is -2.33. The largest absolute Gasteiger partial charge is 0.495 e. The van der Waals surface area contributed by atoms with E-state index in [-0.39, 0.29) is 5.78 Å². The molecule has 0 bridgehead atoms. The highest BCUT2D eigenvalue weighted by atomic mass is 35.5. The first-order valence-corrected chi connectivity index (χ1v) is 6.44. The van der Waals surface area contributed by atoms with Crippen molar-refractivity contribution in [2.75, 3.05) is 20.7 Å². The number of hydrogen-bond donors (Lipinski definition) is 0. The molecule has 0 aromatic heterocycles. The summed E-state index contributed by atoms with van der Waals surface area (Å²) >= 11 is 6.01. The van der Waals surface area contributed by atoms with E-state index in [1.165, 1.54) is 0 Å². The molecule has 0 aliphatic carbocycles. The number of hydrogen-bond acceptors (Lipinski definition) is 3. The van der Waals surface area contributed by atoms with Gasteiger partial charge in [-0.3, -0.25) is 9.69 Å². The predicted octanol–water partition coefficient (Wildman–Crippen LogP) is 3.26. The van der Waals surface area contributed by atoms with Crippen LogP contribution < -0.4 is 4.74 Å². The molecule has 100 valence electrons. The lowest BCUT2D eigenvalue weighted by atomic mass is 10.1. The highest BCUT2D eigenvalue weighted by molar-refractivity contribution is 6.32. The molecule has 0 aliphatic rings. The lowest BCUT2D eigenvalue weighted by molar-refractivity contribution is 0.0923. The summed E-state index contributed by atoms with van der Waals surface area (Å²) in [4.78, 5) is 14.1. The maximum absolute atomic E-state index is 12.1. The van der Waals surface area contributed by atoms with Gasteiger partial charge in [0.2, 0.25) is 0 Å². The molecule has 4 heteroatoms. The fraction of sp³-hybridized carbons (Fsp3) is 0.500. The SMILES string of the molecule is CCC(C)N(C)CC(=O)c1ccc(OC)c(Cl)c1. The van der Waals surface area contributed by atoms with E-state index >= 15 is 0 Å². The number of carbonyl (C=O) groups excluding carboxylic acids is 1. The minimum absolute atomic E-state index is 0.0716. The number of nitrogens with zero attached hydrogens (tertiary/aromatic N) is 1. The second-order valence-corrected chi connectivity index (χ2v) is 4.85. The molecule has 3 nitrogen and oxygen atoms in total. The predicted molar refractivity (Wildman–Crippen MR) is 74.7 cm³/mol. The van der Waals surface area contributed by atoms with Crippen LogP contribution in [0.2, 0.25) is 5.02 Å². The van der Waals surface area contributed by atoms with Crippen LogP contribution in [0.4, 0.5) is 0 Å². The van der Waals surface area contributed by atoms with Crippen molar-refractivity contribution in [2.45, 2.75) is 26.3 Å². The van der Waals surface area contributed by atoms with Gasteiger partial charge in [0.1, 0.15) is 5.75 Å². The lowest BCUT2D eigenvalue weighted by Gasteiger charge is -2.22. The molecule has 0 fully saturated rings. The molecule has 0 spiro atoms. The molecule has 1 aromatic rings. The summed E-state index contributed by atoms with van der Waals surface area (Å²) in [6.07, 6.45) is 1.02. The summed E-state index contributed by atoms with van der Waals surface area (Å²) in [6.45, 7) is 4.61. The number of carbonyl (C=O) groups is 1. The Bertz CT molecular complexity index is 420. The first-order chi connectivity index (χ1) is 8.49. The Morgan fingerprint density at radius 3 is 2.67 bits per heavy atom. The van der Waals surface area contributed by atoms with Crippen molar-refractivity contribution in [1.82, 2.24) is 4.90 Å². The first-order valence-electron chi connectivity index (χ1n) is 6.06. The smallest absolute Gasteiger partial charge is 0.176 e. The normalized spacial score (nSPS) is 12.6. The van der Waals surface area contributed by atoms with E-state index in [0.717, 1.165) is 6.42 Å². The summed E-state index contributed by atoms with van der Waals surface area (Å²) < 4.78 is 5.06. The number of benzene rings is 1. The van der Waals surface area contributed by atoms with Crippen LogP contribution in [-0.2, 0) is 0 Å². The van der Waals surface area contributed by atoms with Crippen molar-refractivity contribution in [3.8, 4) is 5.75 Å². The summed E-state index contributed by atoms with van der Waals surface area (Å²) in [5, 5.41) is 0.467. The van der Waals surface area contributed by atoms with E-state index < -0.39 is 0 Å². The molecule has 0 amide bonds. The third-order valence-electron chi connectivity index (χ3n) is 3.21. The number of ether oxygens (including phenoxy) is 1. The van der Waals surface area contributed by atoms with Gasteiger partial charge in [-0.2, -0.15) is 0 Å². The minimum atomic E-state index is 0.0716. The summed E-state index contributed by atoms with van der Waals surface area (Å²) in [5.41, 5.74) is 0.621. The first kappa shape index (κ1) is 15.0. The van der Waals surface area contributed by atoms with Gasteiger partial charge in [-0.1, -0.05) is 18.5 Å². The quantitative estimate of drug-likeness (QED) is 0.743. The Morgan fingerprint density at radius 2 is 2.17 bits per heavy atom. The molecule has 1 atom stereocenters. The second kappa shape index (κ2) is 6.76. The molecule has 0 saturated heterocycles. The number of halogens is 1. The van der Waals surface area contributed by atoms with Gasteiger partial charge in [-0.15, -0.1) is 0 Å². The van der Waals surface area contributed by atoms with Crippen molar-refractivity contribution in [1.29, 1.82) is 0 Å². The molecule has 0 radical (unpaired) electrons. The molecule has 1 aromatic carbocycles. The van der Waals surface area contributed by atoms with Gasteiger partial charge in [0.15, 0.2) is 5.78 Å². The van der Waals surface area contributed by atoms with E-state index in [4.69, 9.17) is 16.3 Å². The Labute approximate surface area is 114 Å². The zero-order valence-electron chi connectivity index (χ0n) is 11.4. The van der Waals surface area contributed by atoms with Crippen LogP contribution in [0.25, 0.3) is 0 Å². The fourth-order valence-electron chi connectivity index (χ4n) is 1.63. The molecule has 1 rings (SSSR count). The van der Waals surface area contributed by atoms with Gasteiger partial charge >= 0.3 is 0 Å². The van der Waals surface area contributed by atoms with Gasteiger partial charge in [-0.05, 0) is 38.6 Å². The Kier molecular flexibility index (Phi) is 5.63. The zero-order chi connectivity index (χ0) is 13.7. The van der Waals surface area contributed by atoms with Crippen LogP contribution in [0.1, 0.15) is 30.6 Å². The van der Waals surface area contributed by atoms with Crippen LogP contribution in [0.5, 0.6) is 5.75 Å². The van der Waals surface area contributed by atoms with Crippen molar-refractivity contribution in [3.05, 3.63) is 28.8 Å². The molecule has 18 heavy (non-hydrogen) atoms. The standard InChI is InChI=1S/C14H20ClNO2/c1-5-10(2)16(3)9-13(17)11-6-7-14(18-4)12(15)8-11/h6-8,10H,5,9H2,1-4H3. The molecule has 0 saturated carbocycles. The Morgan fingerprint density at radius 1 is 1.50 bits per heavy atom. The van der Waals surface area contributed by atoms with E-state index in [1.54, 1.807) is 25.3 Å². The van der Waals surface area contributed by atoms with Crippen LogP contribution in [0.3, 0.4) is 0 Å². The summed E-state index contributed by atoms with van der Waals surface area (Å²) in [7, 11) is 3.51. The molecule has 0 N–H and O–H groups in total. The van der Waals surface area contributed by atoms with E-state index in [1.807, 2.05) is 11.9 Å². The van der Waals surface area contributed by atoms with Gasteiger partial charge in [0.25, 0.3) is 0 Å². The fourth-order valence-corrected chi connectivity index (χ4v) is 1.88. The van der Waals surface area contributed by atoms with E-state index in [9.17, 15) is 4.79 Å². The van der Waals surface area contributed by atoms with Crippen molar-refractivity contribution in [2.24, 2.45) is 0 Å². The highest BCUT2D eigenvalue weighted by Gasteiger charge is 2.14. The third-order valence-corrected chi connectivity index (χ3v) is 3.51. The average Bonchev–Trinajstić information content (AvgIpc) is 2.37. The van der Waals surface area contributed by atoms with Crippen LogP contribution >= 0.6 is 11.6 Å². The molecular formula is C14H20ClNO2. The highest BCUT2D eigenvalue weighted by Crippen LogP contribution is 2.25. The number of ketones is 1. The van der Waals surface area contributed by atoms with Gasteiger partial charge in [-0.25, -0.2) is 0 Å². The van der Waals surface area contributed by atoms with Crippen LogP contribution in [0.15, 0.2) is 18.2 Å². The van der Waals surface area contributed by atoms with Crippen molar-refractivity contribution >= 4 is 17.4 Å². The van der Waals surface area contributed by atoms with Crippen molar-refractivity contribution in [3.63, 3.8) is 0 Å². The molecular weight excluding hydrogens is 250 g/mol. The zero-order valence-corrected chi connectivity index (χ0v) is 12.1. The third kappa shape index (κ3) is 3.72. The maximum Gasteiger partial charge on any atom is 0.176 e.